The summed E-state index contributed by atoms with van der Waals surface area (Å²) in [4.78, 5) is 4.24. The normalized spacial score (nSPS) is 10.7. The number of nitrogens with one attached hydrogen (secondary N) is 2. The summed E-state index contributed by atoms with van der Waals surface area (Å²) in [5, 5.41) is 10.7. The quantitative estimate of drug-likeness (QED) is 0.362. The van der Waals surface area contributed by atoms with Crippen molar-refractivity contribution in [1.29, 1.82) is 0 Å². The summed E-state index contributed by atoms with van der Waals surface area (Å²) in [6, 6.07) is 5.60. The first-order chi connectivity index (χ1) is 12.1. The largest absolute Gasteiger partial charge is 0.496 e. The van der Waals surface area contributed by atoms with E-state index in [9.17, 15) is 0 Å². The number of rotatable bonds is 7. The SMILES string of the molecule is CN=C(NCc1c(OC)cc(OC)cc1OC)NCc1ccnn1C.I. The second-order valence-corrected chi connectivity index (χ2v) is 5.24. The zero-order chi connectivity index (χ0) is 18.2. The Morgan fingerprint density at radius 2 is 1.69 bits per heavy atom. The molecule has 8 nitrogen and oxygen atoms in total. The van der Waals surface area contributed by atoms with Crippen molar-refractivity contribution in [2.75, 3.05) is 28.4 Å². The van der Waals surface area contributed by atoms with E-state index in [0.717, 1.165) is 11.3 Å². The van der Waals surface area contributed by atoms with Crippen LogP contribution in [0.3, 0.4) is 0 Å². The van der Waals surface area contributed by atoms with Gasteiger partial charge in [0, 0.05) is 32.4 Å². The van der Waals surface area contributed by atoms with Crippen molar-refractivity contribution in [2.45, 2.75) is 13.1 Å². The molecule has 0 aliphatic heterocycles. The van der Waals surface area contributed by atoms with Crippen LogP contribution in [0, 0.1) is 0 Å². The van der Waals surface area contributed by atoms with Crippen molar-refractivity contribution in [2.24, 2.45) is 12.0 Å². The molecule has 1 aromatic carbocycles. The van der Waals surface area contributed by atoms with E-state index in [1.807, 2.05) is 29.9 Å². The summed E-state index contributed by atoms with van der Waals surface area (Å²) in [5.41, 5.74) is 1.94. The van der Waals surface area contributed by atoms with Crippen LogP contribution in [-0.4, -0.2) is 44.1 Å². The predicted octanol–water partition coefficient (Wildman–Crippen LogP) is 1.93. The zero-order valence-electron chi connectivity index (χ0n) is 15.7. The van der Waals surface area contributed by atoms with Crippen LogP contribution in [0.2, 0.25) is 0 Å². The van der Waals surface area contributed by atoms with Gasteiger partial charge in [-0.2, -0.15) is 5.10 Å². The second-order valence-electron chi connectivity index (χ2n) is 5.24. The minimum absolute atomic E-state index is 0. The number of methoxy groups -OCH3 is 3. The van der Waals surface area contributed by atoms with Gasteiger partial charge >= 0.3 is 0 Å². The number of benzene rings is 1. The Labute approximate surface area is 170 Å². The van der Waals surface area contributed by atoms with E-state index < -0.39 is 0 Å². The summed E-state index contributed by atoms with van der Waals surface area (Å²) >= 11 is 0. The molecular weight excluding hydrogens is 449 g/mol. The maximum absolute atomic E-state index is 5.46. The fourth-order valence-electron chi connectivity index (χ4n) is 2.39. The lowest BCUT2D eigenvalue weighted by molar-refractivity contribution is 0.368. The van der Waals surface area contributed by atoms with E-state index in [1.165, 1.54) is 0 Å². The fourth-order valence-corrected chi connectivity index (χ4v) is 2.39. The van der Waals surface area contributed by atoms with Crippen LogP contribution in [0.1, 0.15) is 11.3 Å². The van der Waals surface area contributed by atoms with Crippen LogP contribution in [0.4, 0.5) is 0 Å². The Bertz CT molecular complexity index is 708. The molecule has 2 aromatic rings. The average molecular weight is 475 g/mol. The highest BCUT2D eigenvalue weighted by atomic mass is 127. The van der Waals surface area contributed by atoms with Crippen molar-refractivity contribution in [3.05, 3.63) is 35.7 Å². The van der Waals surface area contributed by atoms with Gasteiger partial charge in [-0.3, -0.25) is 9.67 Å². The van der Waals surface area contributed by atoms with E-state index in [0.29, 0.717) is 36.3 Å². The van der Waals surface area contributed by atoms with E-state index in [1.54, 1.807) is 34.6 Å². The molecule has 2 N–H and O–H groups in total. The summed E-state index contributed by atoms with van der Waals surface area (Å²) in [5.74, 6) is 2.72. The fraction of sp³-hybridized carbons (Fsp3) is 0.412. The summed E-state index contributed by atoms with van der Waals surface area (Å²) in [7, 11) is 8.47. The van der Waals surface area contributed by atoms with Crippen LogP contribution >= 0.6 is 24.0 Å². The van der Waals surface area contributed by atoms with Crippen molar-refractivity contribution in [1.82, 2.24) is 20.4 Å². The molecule has 0 spiro atoms. The van der Waals surface area contributed by atoms with E-state index >= 15 is 0 Å². The second kappa shape index (κ2) is 10.7. The lowest BCUT2D eigenvalue weighted by atomic mass is 10.1. The molecule has 1 aromatic heterocycles. The third-order valence-electron chi connectivity index (χ3n) is 3.83. The first-order valence-corrected chi connectivity index (χ1v) is 7.83. The Kier molecular flexibility index (Phi) is 9.03. The molecule has 0 atom stereocenters. The number of hydrogen-bond donors (Lipinski definition) is 2. The Hall–Kier alpha value is -2.17. The van der Waals surface area contributed by atoms with Gasteiger partial charge in [0.05, 0.1) is 45.7 Å². The average Bonchev–Trinajstić information content (AvgIpc) is 3.06. The molecule has 0 unspecified atom stereocenters. The zero-order valence-corrected chi connectivity index (χ0v) is 18.0. The molecule has 0 fully saturated rings. The molecular formula is C17H26IN5O3. The Morgan fingerprint density at radius 3 is 2.15 bits per heavy atom. The van der Waals surface area contributed by atoms with E-state index in [2.05, 4.69) is 20.7 Å². The van der Waals surface area contributed by atoms with Gasteiger partial charge in [0.2, 0.25) is 0 Å². The van der Waals surface area contributed by atoms with Crippen LogP contribution in [0.15, 0.2) is 29.4 Å². The van der Waals surface area contributed by atoms with Gasteiger partial charge in [0.25, 0.3) is 0 Å². The van der Waals surface area contributed by atoms with Crippen molar-refractivity contribution >= 4 is 29.9 Å². The molecule has 0 saturated carbocycles. The lowest BCUT2D eigenvalue weighted by Gasteiger charge is -2.17. The highest BCUT2D eigenvalue weighted by Gasteiger charge is 2.14. The maximum Gasteiger partial charge on any atom is 0.191 e. The van der Waals surface area contributed by atoms with E-state index in [-0.39, 0.29) is 24.0 Å². The molecule has 0 amide bonds. The molecule has 2 rings (SSSR count). The summed E-state index contributed by atoms with van der Waals surface area (Å²) in [6.45, 7) is 1.11. The van der Waals surface area contributed by atoms with Gasteiger partial charge in [-0.25, -0.2) is 0 Å². The van der Waals surface area contributed by atoms with Crippen LogP contribution in [0.25, 0.3) is 0 Å². The molecule has 1 heterocycles. The lowest BCUT2D eigenvalue weighted by Crippen LogP contribution is -2.36. The third kappa shape index (κ3) is 5.41. The number of hydrogen-bond acceptors (Lipinski definition) is 5. The topological polar surface area (TPSA) is 81.9 Å². The summed E-state index contributed by atoms with van der Waals surface area (Å²) < 4.78 is 18.0. The Morgan fingerprint density at radius 1 is 1.08 bits per heavy atom. The van der Waals surface area contributed by atoms with Gasteiger partial charge in [-0.1, -0.05) is 0 Å². The minimum atomic E-state index is 0. The predicted molar refractivity (Wildman–Crippen MR) is 112 cm³/mol. The highest BCUT2D eigenvalue weighted by Crippen LogP contribution is 2.33. The van der Waals surface area contributed by atoms with Gasteiger partial charge in [-0.15, -0.1) is 24.0 Å². The highest BCUT2D eigenvalue weighted by molar-refractivity contribution is 14.0. The number of ether oxygens (including phenoxy) is 3. The van der Waals surface area contributed by atoms with E-state index in [4.69, 9.17) is 14.2 Å². The standard InChI is InChI=1S/C17H25N5O3.HI/c1-18-17(19-10-12-6-7-21-22(12)2)20-11-14-15(24-4)8-13(23-3)9-16(14)25-5;/h6-9H,10-11H2,1-5H3,(H2,18,19,20);1H. The Balaban J connectivity index is 0.00000338. The minimum Gasteiger partial charge on any atom is -0.496 e. The third-order valence-corrected chi connectivity index (χ3v) is 3.83. The van der Waals surface area contributed by atoms with Crippen LogP contribution in [-0.2, 0) is 20.1 Å². The number of aryl methyl sites for hydroxylation is 1. The van der Waals surface area contributed by atoms with Crippen LogP contribution in [0.5, 0.6) is 17.2 Å². The van der Waals surface area contributed by atoms with Gasteiger partial charge in [0.15, 0.2) is 5.96 Å². The molecule has 0 aliphatic carbocycles. The van der Waals surface area contributed by atoms with Gasteiger partial charge in [-0.05, 0) is 6.07 Å². The first-order valence-electron chi connectivity index (χ1n) is 7.83. The van der Waals surface area contributed by atoms with Crippen molar-refractivity contribution < 1.29 is 14.2 Å². The molecule has 0 bridgehead atoms. The first kappa shape index (κ1) is 21.9. The monoisotopic (exact) mass is 475 g/mol. The smallest absolute Gasteiger partial charge is 0.191 e. The summed E-state index contributed by atoms with van der Waals surface area (Å²) in [6.07, 6.45) is 1.76. The molecule has 0 aliphatic rings. The van der Waals surface area contributed by atoms with Crippen molar-refractivity contribution in [3.63, 3.8) is 0 Å². The number of nitrogens with zero attached hydrogens (tertiary/aromatic N) is 3. The number of aromatic nitrogens is 2. The maximum atomic E-state index is 5.46. The molecule has 9 heteroatoms. The van der Waals surface area contributed by atoms with Gasteiger partial charge < -0.3 is 24.8 Å². The van der Waals surface area contributed by atoms with Crippen LogP contribution < -0.4 is 24.8 Å². The molecule has 26 heavy (non-hydrogen) atoms. The molecule has 0 saturated heterocycles. The molecule has 144 valence electrons. The van der Waals surface area contributed by atoms with Crippen molar-refractivity contribution in [3.8, 4) is 17.2 Å². The number of guanidine groups is 1. The number of halogens is 1. The molecule has 0 radical (unpaired) electrons. The number of aliphatic imine (C=N–C) groups is 1. The van der Waals surface area contributed by atoms with Gasteiger partial charge in [0.1, 0.15) is 17.2 Å².